The topological polar surface area (TPSA) is 65.1 Å². The molecule has 2 bridgehead atoms. The predicted octanol–water partition coefficient (Wildman–Crippen LogP) is 1.81. The molecule has 112 valence electrons. The van der Waals surface area contributed by atoms with Crippen LogP contribution >= 0.6 is 11.6 Å². The van der Waals surface area contributed by atoms with E-state index in [1.165, 1.54) is 6.42 Å². The molecule has 2 aliphatic heterocycles. The molecule has 1 aromatic rings. The number of aryl methyl sites for hydroxylation is 2. The van der Waals surface area contributed by atoms with Crippen molar-refractivity contribution in [1.29, 1.82) is 0 Å². The summed E-state index contributed by atoms with van der Waals surface area (Å²) in [7, 11) is 0. The van der Waals surface area contributed by atoms with Crippen molar-refractivity contribution in [3.05, 3.63) is 16.4 Å². The second-order valence-electron chi connectivity index (χ2n) is 5.91. The molecule has 5 nitrogen and oxygen atoms in total. The summed E-state index contributed by atoms with van der Waals surface area (Å²) in [6.45, 7) is 4.86. The summed E-state index contributed by atoms with van der Waals surface area (Å²) in [6.07, 6.45) is 5.07. The van der Waals surface area contributed by atoms with Crippen molar-refractivity contribution in [2.24, 2.45) is 11.8 Å². The molecule has 3 rings (SSSR count). The summed E-state index contributed by atoms with van der Waals surface area (Å²) in [6, 6.07) is 0.198. The Balaban J connectivity index is 1.78. The lowest BCUT2D eigenvalue weighted by atomic mass is 9.82. The molecule has 0 spiro atoms. The van der Waals surface area contributed by atoms with Gasteiger partial charge < -0.3 is 4.74 Å². The summed E-state index contributed by atoms with van der Waals surface area (Å²) in [5.74, 6) is 6.28. The SMILES string of the molecule is CCn1nc(C)c(Cl)c1CC(NN)C1CC2CCC1O2. The van der Waals surface area contributed by atoms with Gasteiger partial charge in [-0.15, -0.1) is 0 Å². The summed E-state index contributed by atoms with van der Waals surface area (Å²) >= 11 is 6.40. The average Bonchev–Trinajstić information content (AvgIpc) is 3.13. The molecule has 3 heterocycles. The standard InChI is InChI=1S/C14H23ClN4O/c1-3-19-12(14(15)8(2)18-19)7-11(17-16)10-6-9-4-5-13(10)20-9/h9-11,13,17H,3-7,16H2,1-2H3. The van der Waals surface area contributed by atoms with Gasteiger partial charge in [-0.05, 0) is 33.1 Å². The van der Waals surface area contributed by atoms with E-state index in [9.17, 15) is 0 Å². The normalized spacial score (nSPS) is 30.1. The maximum Gasteiger partial charge on any atom is 0.0847 e. The first-order chi connectivity index (χ1) is 9.63. The van der Waals surface area contributed by atoms with Crippen molar-refractivity contribution < 1.29 is 4.74 Å². The first-order valence-electron chi connectivity index (χ1n) is 7.47. The maximum atomic E-state index is 6.40. The zero-order valence-corrected chi connectivity index (χ0v) is 12.9. The van der Waals surface area contributed by atoms with Crippen molar-refractivity contribution in [2.75, 3.05) is 0 Å². The summed E-state index contributed by atoms with van der Waals surface area (Å²) in [5.41, 5.74) is 4.96. The highest BCUT2D eigenvalue weighted by Crippen LogP contribution is 2.41. The Morgan fingerprint density at radius 2 is 2.35 bits per heavy atom. The molecule has 0 aliphatic carbocycles. The number of hydrogen-bond donors (Lipinski definition) is 2. The molecule has 2 fully saturated rings. The molecule has 2 aliphatic rings. The third-order valence-corrected chi connectivity index (χ3v) is 5.24. The fourth-order valence-electron chi connectivity index (χ4n) is 3.71. The van der Waals surface area contributed by atoms with E-state index in [1.807, 2.05) is 11.6 Å². The lowest BCUT2D eigenvalue weighted by molar-refractivity contribution is 0.0855. The number of rotatable bonds is 5. The van der Waals surface area contributed by atoms with Gasteiger partial charge in [-0.3, -0.25) is 16.0 Å². The summed E-state index contributed by atoms with van der Waals surface area (Å²) in [4.78, 5) is 0. The van der Waals surface area contributed by atoms with Crippen LogP contribution in [-0.4, -0.2) is 28.0 Å². The number of halogens is 1. The number of hydrazine groups is 1. The molecule has 0 amide bonds. The van der Waals surface area contributed by atoms with Gasteiger partial charge in [0.05, 0.1) is 28.6 Å². The Bertz CT molecular complexity index is 490. The molecule has 4 atom stereocenters. The number of nitrogens with one attached hydrogen (secondary N) is 1. The van der Waals surface area contributed by atoms with Gasteiger partial charge in [0.25, 0.3) is 0 Å². The van der Waals surface area contributed by atoms with Gasteiger partial charge >= 0.3 is 0 Å². The number of aromatic nitrogens is 2. The van der Waals surface area contributed by atoms with Crippen LogP contribution in [0.1, 0.15) is 37.6 Å². The van der Waals surface area contributed by atoms with Crippen molar-refractivity contribution in [1.82, 2.24) is 15.2 Å². The van der Waals surface area contributed by atoms with Crippen molar-refractivity contribution in [2.45, 2.75) is 64.3 Å². The van der Waals surface area contributed by atoms with E-state index in [0.29, 0.717) is 18.1 Å². The lowest BCUT2D eigenvalue weighted by Crippen LogP contribution is -2.46. The van der Waals surface area contributed by atoms with E-state index < -0.39 is 0 Å². The van der Waals surface area contributed by atoms with Crippen LogP contribution < -0.4 is 11.3 Å². The number of nitrogens with two attached hydrogens (primary N) is 1. The van der Waals surface area contributed by atoms with Crippen LogP contribution in [0.5, 0.6) is 0 Å². The summed E-state index contributed by atoms with van der Waals surface area (Å²) < 4.78 is 7.93. The van der Waals surface area contributed by atoms with Crippen LogP contribution in [0, 0.1) is 12.8 Å². The highest BCUT2D eigenvalue weighted by Gasteiger charge is 2.44. The van der Waals surface area contributed by atoms with Crippen LogP contribution in [0.4, 0.5) is 0 Å². The van der Waals surface area contributed by atoms with E-state index in [2.05, 4.69) is 17.4 Å². The van der Waals surface area contributed by atoms with Gasteiger partial charge in [-0.2, -0.15) is 5.10 Å². The quantitative estimate of drug-likeness (QED) is 0.643. The fourth-order valence-corrected chi connectivity index (χ4v) is 3.92. The van der Waals surface area contributed by atoms with Gasteiger partial charge in [-0.25, -0.2) is 0 Å². The number of fused-ring (bicyclic) bond motifs is 2. The molecule has 20 heavy (non-hydrogen) atoms. The Morgan fingerprint density at radius 3 is 2.90 bits per heavy atom. The Hall–Kier alpha value is -0.620. The van der Waals surface area contributed by atoms with Gasteiger partial charge in [-0.1, -0.05) is 11.6 Å². The molecule has 0 saturated carbocycles. The van der Waals surface area contributed by atoms with Crippen LogP contribution in [0.15, 0.2) is 0 Å². The van der Waals surface area contributed by atoms with Gasteiger partial charge in [0.15, 0.2) is 0 Å². The van der Waals surface area contributed by atoms with Gasteiger partial charge in [0.2, 0.25) is 0 Å². The predicted molar refractivity (Wildman–Crippen MR) is 78.5 cm³/mol. The molecule has 4 unspecified atom stereocenters. The minimum absolute atomic E-state index is 0.198. The second-order valence-corrected chi connectivity index (χ2v) is 6.29. The van der Waals surface area contributed by atoms with Crippen molar-refractivity contribution in [3.8, 4) is 0 Å². The van der Waals surface area contributed by atoms with E-state index >= 15 is 0 Å². The second kappa shape index (κ2) is 5.64. The third-order valence-electron chi connectivity index (χ3n) is 4.75. The maximum absolute atomic E-state index is 6.40. The van der Waals surface area contributed by atoms with Crippen molar-refractivity contribution >= 4 is 11.6 Å². The van der Waals surface area contributed by atoms with E-state index in [0.717, 1.165) is 42.2 Å². The number of nitrogens with zero attached hydrogens (tertiary/aromatic N) is 2. The highest BCUT2D eigenvalue weighted by molar-refractivity contribution is 6.31. The third kappa shape index (κ3) is 2.37. The molecule has 0 aromatic carbocycles. The van der Waals surface area contributed by atoms with Crippen LogP contribution in [0.3, 0.4) is 0 Å². The number of hydrogen-bond acceptors (Lipinski definition) is 4. The monoisotopic (exact) mass is 298 g/mol. The molecule has 0 radical (unpaired) electrons. The first-order valence-corrected chi connectivity index (χ1v) is 7.85. The molecule has 2 saturated heterocycles. The Labute approximate surface area is 124 Å². The molecule has 6 heteroatoms. The van der Waals surface area contributed by atoms with E-state index in [1.54, 1.807) is 0 Å². The molecular formula is C14H23ClN4O. The molecule has 1 aromatic heterocycles. The average molecular weight is 299 g/mol. The van der Waals surface area contributed by atoms with Crippen LogP contribution in [-0.2, 0) is 17.7 Å². The van der Waals surface area contributed by atoms with Crippen LogP contribution in [0.2, 0.25) is 5.02 Å². The first kappa shape index (κ1) is 14.3. The minimum Gasteiger partial charge on any atom is -0.375 e. The molecular weight excluding hydrogens is 276 g/mol. The zero-order chi connectivity index (χ0) is 14.3. The minimum atomic E-state index is 0.198. The molecule has 3 N–H and O–H groups in total. The Kier molecular flexibility index (Phi) is 4.04. The zero-order valence-electron chi connectivity index (χ0n) is 12.1. The van der Waals surface area contributed by atoms with Crippen molar-refractivity contribution in [3.63, 3.8) is 0 Å². The van der Waals surface area contributed by atoms with Gasteiger partial charge in [0, 0.05) is 24.9 Å². The highest BCUT2D eigenvalue weighted by atomic mass is 35.5. The lowest BCUT2D eigenvalue weighted by Gasteiger charge is -2.28. The largest absolute Gasteiger partial charge is 0.375 e. The van der Waals surface area contributed by atoms with Crippen LogP contribution in [0.25, 0.3) is 0 Å². The smallest absolute Gasteiger partial charge is 0.0847 e. The fraction of sp³-hybridized carbons (Fsp3) is 0.786. The van der Waals surface area contributed by atoms with E-state index in [-0.39, 0.29) is 6.04 Å². The van der Waals surface area contributed by atoms with Gasteiger partial charge in [0.1, 0.15) is 0 Å². The number of ether oxygens (including phenoxy) is 1. The van der Waals surface area contributed by atoms with E-state index in [4.69, 9.17) is 22.2 Å². The summed E-state index contributed by atoms with van der Waals surface area (Å²) in [5, 5.41) is 5.25. The Morgan fingerprint density at radius 1 is 1.55 bits per heavy atom.